The Bertz CT molecular complexity index is 514. The largest absolute Gasteiger partial charge is 0.497 e. The number of hydrogen-bond acceptors (Lipinski definition) is 4. The van der Waals surface area contributed by atoms with E-state index >= 15 is 0 Å². The highest BCUT2D eigenvalue weighted by Crippen LogP contribution is 2.22. The first-order valence-electron chi connectivity index (χ1n) is 6.59. The summed E-state index contributed by atoms with van der Waals surface area (Å²) < 4.78 is 5.15. The third kappa shape index (κ3) is 3.56. The van der Waals surface area contributed by atoms with Crippen molar-refractivity contribution < 1.29 is 9.84 Å². The number of rotatable bonds is 6. The lowest BCUT2D eigenvalue weighted by Gasteiger charge is -2.26. The molecule has 0 saturated carbocycles. The molecule has 1 aromatic heterocycles. The van der Waals surface area contributed by atoms with Gasteiger partial charge < -0.3 is 9.84 Å². The van der Waals surface area contributed by atoms with Crippen LogP contribution in [0.1, 0.15) is 17.3 Å². The van der Waals surface area contributed by atoms with E-state index in [4.69, 9.17) is 4.74 Å². The average molecular weight is 272 g/mol. The van der Waals surface area contributed by atoms with Crippen molar-refractivity contribution in [2.45, 2.75) is 12.6 Å². The molecule has 0 amide bonds. The molecule has 4 nitrogen and oxygen atoms in total. The quantitative estimate of drug-likeness (QED) is 0.876. The van der Waals surface area contributed by atoms with Crippen molar-refractivity contribution in [1.29, 1.82) is 0 Å². The van der Waals surface area contributed by atoms with Gasteiger partial charge in [0, 0.05) is 12.7 Å². The first kappa shape index (κ1) is 14.5. The Hall–Kier alpha value is -1.91. The van der Waals surface area contributed by atoms with E-state index in [2.05, 4.69) is 9.88 Å². The fourth-order valence-corrected chi connectivity index (χ4v) is 2.18. The second-order valence-electron chi connectivity index (χ2n) is 4.71. The molecule has 0 aliphatic rings. The Kier molecular flexibility index (Phi) is 5.09. The molecule has 106 valence electrons. The molecule has 1 atom stereocenters. The van der Waals surface area contributed by atoms with Crippen LogP contribution in [0, 0.1) is 0 Å². The zero-order valence-electron chi connectivity index (χ0n) is 11.9. The molecule has 1 heterocycles. The van der Waals surface area contributed by atoms with Gasteiger partial charge >= 0.3 is 0 Å². The highest BCUT2D eigenvalue weighted by atomic mass is 16.5. The maximum absolute atomic E-state index is 9.66. The van der Waals surface area contributed by atoms with Crippen LogP contribution in [0.25, 0.3) is 0 Å². The number of aliphatic hydroxyl groups excluding tert-OH is 1. The Morgan fingerprint density at radius 1 is 1.20 bits per heavy atom. The van der Waals surface area contributed by atoms with Crippen LogP contribution in [0.15, 0.2) is 48.7 Å². The van der Waals surface area contributed by atoms with Gasteiger partial charge in [0.2, 0.25) is 0 Å². The van der Waals surface area contributed by atoms with E-state index in [9.17, 15) is 5.11 Å². The molecule has 0 spiro atoms. The van der Waals surface area contributed by atoms with Gasteiger partial charge in [-0.2, -0.15) is 0 Å². The SMILES string of the molecule is COc1ccc([C@@H](CO)N(C)Cc2ccccn2)cc1. The first-order valence-corrected chi connectivity index (χ1v) is 6.59. The summed E-state index contributed by atoms with van der Waals surface area (Å²) in [5.41, 5.74) is 2.05. The van der Waals surface area contributed by atoms with Gasteiger partial charge in [-0.25, -0.2) is 0 Å². The minimum atomic E-state index is -0.0529. The van der Waals surface area contributed by atoms with Crippen LogP contribution >= 0.6 is 0 Å². The molecule has 20 heavy (non-hydrogen) atoms. The lowest BCUT2D eigenvalue weighted by Crippen LogP contribution is -2.27. The molecule has 0 unspecified atom stereocenters. The van der Waals surface area contributed by atoms with Crippen molar-refractivity contribution in [2.75, 3.05) is 20.8 Å². The summed E-state index contributed by atoms with van der Waals surface area (Å²) >= 11 is 0. The van der Waals surface area contributed by atoms with Crippen molar-refractivity contribution in [1.82, 2.24) is 9.88 Å². The van der Waals surface area contributed by atoms with Crippen LogP contribution in [0.4, 0.5) is 0 Å². The van der Waals surface area contributed by atoms with Crippen molar-refractivity contribution in [3.8, 4) is 5.75 Å². The standard InChI is InChI=1S/C16H20N2O2/c1-18(11-14-5-3-4-10-17-14)16(12-19)13-6-8-15(20-2)9-7-13/h3-10,16,19H,11-12H2,1-2H3/t16-/m1/s1. The van der Waals surface area contributed by atoms with E-state index in [-0.39, 0.29) is 12.6 Å². The summed E-state index contributed by atoms with van der Waals surface area (Å²) in [5, 5.41) is 9.66. The van der Waals surface area contributed by atoms with E-state index in [1.807, 2.05) is 49.5 Å². The van der Waals surface area contributed by atoms with E-state index in [1.165, 1.54) is 0 Å². The summed E-state index contributed by atoms with van der Waals surface area (Å²) in [6.45, 7) is 0.758. The van der Waals surface area contributed by atoms with E-state index < -0.39 is 0 Å². The van der Waals surface area contributed by atoms with Gasteiger partial charge in [-0.3, -0.25) is 9.88 Å². The number of nitrogens with zero attached hydrogens (tertiary/aromatic N) is 2. The number of ether oxygens (including phenoxy) is 1. The van der Waals surface area contributed by atoms with Crippen LogP contribution < -0.4 is 4.74 Å². The molecule has 0 bridgehead atoms. The monoisotopic (exact) mass is 272 g/mol. The van der Waals surface area contributed by atoms with Gasteiger partial charge in [0.05, 0.1) is 25.5 Å². The van der Waals surface area contributed by atoms with Crippen molar-refractivity contribution in [3.05, 3.63) is 59.9 Å². The number of methoxy groups -OCH3 is 1. The first-order chi connectivity index (χ1) is 9.74. The van der Waals surface area contributed by atoms with Crippen LogP contribution in [0.2, 0.25) is 0 Å². The predicted molar refractivity (Wildman–Crippen MR) is 78.5 cm³/mol. The van der Waals surface area contributed by atoms with Gasteiger partial charge in [-0.05, 0) is 36.9 Å². The summed E-state index contributed by atoms with van der Waals surface area (Å²) in [6, 6.07) is 13.6. The minimum Gasteiger partial charge on any atom is -0.497 e. The van der Waals surface area contributed by atoms with Gasteiger partial charge in [0.25, 0.3) is 0 Å². The van der Waals surface area contributed by atoms with Gasteiger partial charge in [0.1, 0.15) is 5.75 Å². The Morgan fingerprint density at radius 2 is 1.95 bits per heavy atom. The molecule has 0 radical (unpaired) electrons. The zero-order valence-corrected chi connectivity index (χ0v) is 11.9. The number of aliphatic hydroxyl groups is 1. The maximum Gasteiger partial charge on any atom is 0.118 e. The van der Waals surface area contributed by atoms with Crippen LogP contribution in [0.3, 0.4) is 0 Å². The van der Waals surface area contributed by atoms with Gasteiger partial charge in [-0.1, -0.05) is 18.2 Å². The molecule has 1 N–H and O–H groups in total. The van der Waals surface area contributed by atoms with Crippen LogP contribution in [0.5, 0.6) is 5.75 Å². The van der Waals surface area contributed by atoms with Crippen molar-refractivity contribution >= 4 is 0 Å². The van der Waals surface area contributed by atoms with Gasteiger partial charge in [-0.15, -0.1) is 0 Å². The van der Waals surface area contributed by atoms with E-state index in [0.717, 1.165) is 17.0 Å². The molecule has 0 saturated heterocycles. The van der Waals surface area contributed by atoms with E-state index in [1.54, 1.807) is 13.3 Å². The lowest BCUT2D eigenvalue weighted by atomic mass is 10.1. The molecular formula is C16H20N2O2. The highest BCUT2D eigenvalue weighted by molar-refractivity contribution is 5.29. The Labute approximate surface area is 119 Å². The highest BCUT2D eigenvalue weighted by Gasteiger charge is 2.16. The average Bonchev–Trinajstić information content (AvgIpc) is 2.49. The summed E-state index contributed by atoms with van der Waals surface area (Å²) in [4.78, 5) is 6.40. The summed E-state index contributed by atoms with van der Waals surface area (Å²) in [7, 11) is 3.63. The third-order valence-corrected chi connectivity index (χ3v) is 3.34. The predicted octanol–water partition coefficient (Wildman–Crippen LogP) is 2.26. The second kappa shape index (κ2) is 7.03. The van der Waals surface area contributed by atoms with Crippen LogP contribution in [-0.4, -0.2) is 35.8 Å². The molecule has 0 aliphatic heterocycles. The Morgan fingerprint density at radius 3 is 2.50 bits per heavy atom. The molecular weight excluding hydrogens is 252 g/mol. The maximum atomic E-state index is 9.66. The van der Waals surface area contributed by atoms with Gasteiger partial charge in [0.15, 0.2) is 0 Å². The normalized spacial score (nSPS) is 12.4. The number of benzene rings is 1. The lowest BCUT2D eigenvalue weighted by molar-refractivity contribution is 0.141. The van der Waals surface area contributed by atoms with Crippen molar-refractivity contribution in [2.24, 2.45) is 0 Å². The fourth-order valence-electron chi connectivity index (χ4n) is 2.18. The minimum absolute atomic E-state index is 0.0529. The molecule has 2 aromatic rings. The fraction of sp³-hybridized carbons (Fsp3) is 0.312. The van der Waals surface area contributed by atoms with Crippen molar-refractivity contribution in [3.63, 3.8) is 0 Å². The molecule has 0 aliphatic carbocycles. The number of pyridine rings is 1. The third-order valence-electron chi connectivity index (χ3n) is 3.34. The Balaban J connectivity index is 2.10. The summed E-state index contributed by atoms with van der Waals surface area (Å²) in [6.07, 6.45) is 1.78. The number of likely N-dealkylation sites (N-methyl/N-ethyl adjacent to an activating group) is 1. The molecule has 4 heteroatoms. The number of hydrogen-bond donors (Lipinski definition) is 1. The smallest absolute Gasteiger partial charge is 0.118 e. The zero-order chi connectivity index (χ0) is 14.4. The topological polar surface area (TPSA) is 45.6 Å². The van der Waals surface area contributed by atoms with E-state index in [0.29, 0.717) is 6.54 Å². The van der Waals surface area contributed by atoms with Crippen LogP contribution in [-0.2, 0) is 6.54 Å². The molecule has 2 rings (SSSR count). The molecule has 1 aromatic carbocycles. The summed E-state index contributed by atoms with van der Waals surface area (Å²) in [5.74, 6) is 0.817. The number of aromatic nitrogens is 1. The second-order valence-corrected chi connectivity index (χ2v) is 4.71. The molecule has 0 fully saturated rings.